The second-order valence-electron chi connectivity index (χ2n) is 0.408. The van der Waals surface area contributed by atoms with Gasteiger partial charge in [-0.1, -0.05) is 0 Å². The summed E-state index contributed by atoms with van der Waals surface area (Å²) in [4.78, 5) is 0. The number of hydrogen-bond acceptors (Lipinski definition) is 16. The minimum absolute atomic E-state index is 0. The molecule has 0 saturated heterocycles. The van der Waals surface area contributed by atoms with Crippen molar-refractivity contribution < 1.29 is 83.2 Å². The summed E-state index contributed by atoms with van der Waals surface area (Å²) in [6.45, 7) is 0. The maximum Gasteiger partial charge on any atom is 3.00 e. The number of hydrogen-bond donors (Lipinski definition) is 0. The molecular formula is H12Al2Mg4O16S. The van der Waals surface area contributed by atoms with Gasteiger partial charge in [0.25, 0.3) is 0 Å². The van der Waals surface area contributed by atoms with Crippen LogP contribution in [0.3, 0.4) is 0 Å². The van der Waals surface area contributed by atoms with E-state index in [1.165, 1.54) is 0 Å². The van der Waals surface area contributed by atoms with Gasteiger partial charge in [-0.05, 0) is 0 Å². The van der Waals surface area contributed by atoms with Gasteiger partial charge in [0.05, 0.1) is 0 Å². The summed E-state index contributed by atoms with van der Waals surface area (Å²) in [5, 5.41) is 0. The summed E-state index contributed by atoms with van der Waals surface area (Å²) in [6, 6.07) is 0. The predicted octanol–water partition coefficient (Wildman–Crippen LogP) is -5.74. The van der Waals surface area contributed by atoms with Gasteiger partial charge in [-0.3, -0.25) is 8.42 Å². The molecule has 0 atom stereocenters. The van der Waals surface area contributed by atoms with Crippen molar-refractivity contribution in [3.63, 3.8) is 0 Å². The van der Waals surface area contributed by atoms with E-state index in [0.717, 1.165) is 0 Å². The smallest absolute Gasteiger partial charge is 0.870 e. The van der Waals surface area contributed by atoms with Crippen LogP contribution in [0, 0.1) is 0 Å². The molecule has 0 fully saturated rings. The van der Waals surface area contributed by atoms with Crippen LogP contribution in [-0.4, -0.2) is 210 Å². The van der Waals surface area contributed by atoms with Gasteiger partial charge < -0.3 is 74.8 Å². The van der Waals surface area contributed by atoms with E-state index in [-0.39, 0.29) is 193 Å². The molecule has 12 N–H and O–H groups in total. The van der Waals surface area contributed by atoms with Crippen LogP contribution in [-0.2, 0) is 10.4 Å². The molecule has 0 aliphatic rings. The van der Waals surface area contributed by atoms with Gasteiger partial charge in [-0.25, -0.2) is 0 Å². The summed E-state index contributed by atoms with van der Waals surface area (Å²) >= 11 is 0. The molecule has 0 bridgehead atoms. The topological polar surface area (TPSA) is 440 Å². The molecule has 0 spiro atoms. The van der Waals surface area contributed by atoms with Crippen molar-refractivity contribution in [2.24, 2.45) is 0 Å². The Bertz CT molecular complexity index is 113. The van der Waals surface area contributed by atoms with E-state index in [2.05, 4.69) is 0 Å². The van der Waals surface area contributed by atoms with Crippen molar-refractivity contribution in [2.75, 3.05) is 0 Å². The van der Waals surface area contributed by atoms with E-state index < -0.39 is 10.4 Å². The fourth-order valence-electron chi connectivity index (χ4n) is 0. The monoisotopic (exact) mass is 450 g/mol. The molecule has 128 valence electrons. The summed E-state index contributed by atoms with van der Waals surface area (Å²) in [7, 11) is -5.17. The van der Waals surface area contributed by atoms with Crippen molar-refractivity contribution in [1.29, 1.82) is 0 Å². The molecule has 0 aromatic carbocycles. The van der Waals surface area contributed by atoms with Crippen LogP contribution in [0.1, 0.15) is 0 Å². The summed E-state index contributed by atoms with van der Waals surface area (Å²) in [5.41, 5.74) is 0. The Morgan fingerprint density at radius 1 is 0.391 bits per heavy atom. The third-order valence-electron chi connectivity index (χ3n) is 0. The molecule has 0 aromatic rings. The summed E-state index contributed by atoms with van der Waals surface area (Å²) < 4.78 is 34.1. The average Bonchev–Trinajstić information content (AvgIpc) is 0.722. The van der Waals surface area contributed by atoms with Crippen LogP contribution in [0.25, 0.3) is 0 Å². The van der Waals surface area contributed by atoms with Crippen LogP contribution < -0.4 is 0 Å². The first-order valence-corrected chi connectivity index (χ1v) is 2.00. The van der Waals surface area contributed by atoms with Crippen molar-refractivity contribution in [2.45, 2.75) is 0 Å². The molecule has 0 aliphatic carbocycles. The van der Waals surface area contributed by atoms with Gasteiger partial charge in [-0.15, -0.1) is 0 Å². The average molecular weight is 451 g/mol. The molecule has 0 unspecified atom stereocenters. The fraction of sp³-hybridized carbons (Fsp3) is 0. The standard InChI is InChI=1S/2Al.4Mg.H2O4S.12H2O/c;;;;;;1-5(2,3)4;;;;;;;;;;;;/h;;;;;;(H2,1,2,3,4);12*1H2/q2*+3;4*+2;;;;;;;;;;;;;/p-14. The molecular weight excluding hydrogens is 439 g/mol. The van der Waals surface area contributed by atoms with Crippen LogP contribution in [0.15, 0.2) is 0 Å². The zero-order valence-electron chi connectivity index (χ0n) is 11.4. The maximum absolute atomic E-state index is 8.52. The summed E-state index contributed by atoms with van der Waals surface area (Å²) in [6.07, 6.45) is 0. The first-order chi connectivity index (χ1) is 2.00. The van der Waals surface area contributed by atoms with Gasteiger partial charge in [0.15, 0.2) is 0 Å². The summed E-state index contributed by atoms with van der Waals surface area (Å²) in [5.74, 6) is 0. The van der Waals surface area contributed by atoms with E-state index in [0.29, 0.717) is 0 Å². The van der Waals surface area contributed by atoms with E-state index in [1.54, 1.807) is 0 Å². The molecule has 0 aliphatic heterocycles. The van der Waals surface area contributed by atoms with Gasteiger partial charge in [0.1, 0.15) is 0 Å². The van der Waals surface area contributed by atoms with Crippen LogP contribution >= 0.6 is 0 Å². The van der Waals surface area contributed by atoms with E-state index in [9.17, 15) is 0 Å². The van der Waals surface area contributed by atoms with Gasteiger partial charge in [0, 0.05) is 10.4 Å². The van der Waals surface area contributed by atoms with Crippen molar-refractivity contribution in [3.05, 3.63) is 0 Å². The van der Waals surface area contributed by atoms with E-state index >= 15 is 0 Å². The molecule has 23 heteroatoms. The second-order valence-corrected chi connectivity index (χ2v) is 1.22. The Labute approximate surface area is 218 Å². The Morgan fingerprint density at radius 3 is 0.391 bits per heavy atom. The quantitative estimate of drug-likeness (QED) is 0.188. The molecule has 0 rings (SSSR count). The minimum atomic E-state index is -5.17. The van der Waals surface area contributed by atoms with Crippen LogP contribution in [0.2, 0.25) is 0 Å². The molecule has 0 saturated carbocycles. The second kappa shape index (κ2) is 169. The maximum atomic E-state index is 8.52. The first-order valence-electron chi connectivity index (χ1n) is 0.667. The molecule has 16 nitrogen and oxygen atoms in total. The van der Waals surface area contributed by atoms with Crippen molar-refractivity contribution in [3.8, 4) is 0 Å². The van der Waals surface area contributed by atoms with Gasteiger partial charge in [0.2, 0.25) is 0 Å². The van der Waals surface area contributed by atoms with Crippen molar-refractivity contribution >= 4 is 137 Å². The Balaban J connectivity index is -0.000000000523. The molecule has 0 amide bonds. The minimum Gasteiger partial charge on any atom is -0.870 e. The van der Waals surface area contributed by atoms with E-state index in [1.807, 2.05) is 0 Å². The zero-order valence-corrected chi connectivity index (χ0v) is 20.2. The number of rotatable bonds is 0. The molecule has 0 heterocycles. The van der Waals surface area contributed by atoms with Crippen LogP contribution in [0.4, 0.5) is 0 Å². The first kappa shape index (κ1) is 305. The van der Waals surface area contributed by atoms with Crippen molar-refractivity contribution in [1.82, 2.24) is 0 Å². The normalized spacial score (nSPS) is 2.52. The van der Waals surface area contributed by atoms with Gasteiger partial charge >= 0.3 is 127 Å². The zero-order chi connectivity index (χ0) is 4.50. The third-order valence-corrected chi connectivity index (χ3v) is 0. The Hall–Kier alpha value is 3.52. The molecule has 23 heavy (non-hydrogen) atoms. The predicted molar refractivity (Wildman–Crippen MR) is 68.2 cm³/mol. The molecule has 0 radical (unpaired) electrons. The SMILES string of the molecule is O=S(=O)([O-])[O-].[Al+3].[Al+3].[Mg+2].[Mg+2].[Mg+2].[Mg+2].[OH-].[OH-].[OH-].[OH-].[OH-].[OH-].[OH-].[OH-].[OH-].[OH-].[OH-].[OH-]. The Morgan fingerprint density at radius 2 is 0.391 bits per heavy atom. The third kappa shape index (κ3) is 1140. The Kier molecular flexibility index (Phi) is 2250. The fourth-order valence-corrected chi connectivity index (χ4v) is 0. The largest absolute Gasteiger partial charge is 3.00 e. The van der Waals surface area contributed by atoms with E-state index in [4.69, 9.17) is 17.5 Å². The molecule has 0 aromatic heterocycles. The van der Waals surface area contributed by atoms with Crippen LogP contribution in [0.5, 0.6) is 0 Å². The van der Waals surface area contributed by atoms with Gasteiger partial charge in [-0.2, -0.15) is 0 Å².